The van der Waals surface area contributed by atoms with E-state index in [0.717, 1.165) is 48.5 Å². The van der Waals surface area contributed by atoms with Crippen LogP contribution < -0.4 is 24.7 Å². The third-order valence-corrected chi connectivity index (χ3v) is 14.6. The van der Waals surface area contributed by atoms with Crippen LogP contribution in [0.5, 0.6) is 28.7 Å². The first-order chi connectivity index (χ1) is 38.4. The molecule has 0 bridgehead atoms. The second-order valence-corrected chi connectivity index (χ2v) is 19.8. The molecule has 0 saturated heterocycles. The third kappa shape index (κ3) is 17.3. The number of carbonyl (C=O) groups is 3. The largest absolute Gasteiger partial charge is 0.507 e. The van der Waals surface area contributed by atoms with Gasteiger partial charge < -0.3 is 45.1 Å². The molecule has 0 fully saturated rings. The van der Waals surface area contributed by atoms with E-state index < -0.39 is 59.0 Å². The van der Waals surface area contributed by atoms with Gasteiger partial charge in [-0.15, -0.1) is 0 Å². The molecule has 0 radical (unpaired) electrons. The minimum absolute atomic E-state index is 0.00694. The molecule has 10 rings (SSSR count). The van der Waals surface area contributed by atoms with Gasteiger partial charge in [0.15, 0.2) is 18.9 Å². The van der Waals surface area contributed by atoms with Crippen LogP contribution in [0.2, 0.25) is 0 Å². The Bertz CT molecular complexity index is 3390. The second-order valence-electron chi connectivity index (χ2n) is 15.8. The van der Waals surface area contributed by atoms with Gasteiger partial charge in [-0.3, -0.25) is 14.4 Å². The number of rotatable bonds is 5. The molecule has 3 unspecified atom stereocenters. The summed E-state index contributed by atoms with van der Waals surface area (Å²) < 4.78 is 135. The van der Waals surface area contributed by atoms with Gasteiger partial charge in [-0.2, -0.15) is 5.26 Å². The lowest BCUT2D eigenvalue weighted by Crippen LogP contribution is -2.06. The maximum atomic E-state index is 13.2. The summed E-state index contributed by atoms with van der Waals surface area (Å²) in [4.78, 5) is 30.9. The Morgan fingerprint density at radius 3 is 1.43 bits per heavy atom. The highest BCUT2D eigenvalue weighted by atomic mass is 79.9. The van der Waals surface area contributed by atoms with E-state index in [4.69, 9.17) is 35.0 Å². The SMILES string of the molecule is COc1ccc(F)c(Br)c1C=O.Fc1ccc(F)c(Br)c1.N#Cc1c(F)ccc2c1C(O)CO2.NCc1c(F)ccc2c1C(O)CO2.O=Cc1c(F)ccc(F)c1Br.O=Cc1c(O)ccc(F)c1Br.OC1COc2ccc(F)c(Br)c21. The molecule has 3 aliphatic rings. The predicted octanol–water partition coefficient (Wildman–Crippen LogP) is 13.6. The summed E-state index contributed by atoms with van der Waals surface area (Å²) in [7, 11) is 1.42. The molecule has 0 amide bonds. The number of ether oxygens (including phenoxy) is 4. The zero-order chi connectivity index (χ0) is 60.4. The number of nitrogens with zero attached hydrogens (tertiary/aromatic N) is 1. The molecule has 27 heteroatoms. The highest BCUT2D eigenvalue weighted by Gasteiger charge is 2.29. The van der Waals surface area contributed by atoms with Crippen LogP contribution in [0, 0.1) is 63.7 Å². The van der Waals surface area contributed by atoms with Crippen molar-refractivity contribution in [2.24, 2.45) is 5.73 Å². The van der Waals surface area contributed by atoms with Crippen LogP contribution in [0.25, 0.3) is 0 Å². The van der Waals surface area contributed by atoms with Gasteiger partial charge in [0.2, 0.25) is 0 Å². The summed E-state index contributed by atoms with van der Waals surface area (Å²) in [5.74, 6) is -3.07. The van der Waals surface area contributed by atoms with Crippen LogP contribution >= 0.6 is 79.6 Å². The minimum Gasteiger partial charge on any atom is -0.507 e. The van der Waals surface area contributed by atoms with Crippen molar-refractivity contribution in [2.75, 3.05) is 26.9 Å². The molecule has 6 N–H and O–H groups in total. The summed E-state index contributed by atoms with van der Waals surface area (Å²) in [5.41, 5.74) is 6.72. The van der Waals surface area contributed by atoms with Crippen LogP contribution in [0.1, 0.15) is 77.2 Å². The van der Waals surface area contributed by atoms with Gasteiger partial charge >= 0.3 is 0 Å². The number of nitrogens with two attached hydrogens (primary N) is 1. The van der Waals surface area contributed by atoms with E-state index in [1.165, 1.54) is 49.6 Å². The first-order valence-electron chi connectivity index (χ1n) is 22.3. The van der Waals surface area contributed by atoms with Crippen molar-refractivity contribution in [3.05, 3.63) is 210 Å². The van der Waals surface area contributed by atoms with Gasteiger partial charge in [0.05, 0.1) is 51.7 Å². The van der Waals surface area contributed by atoms with Crippen LogP contribution in [-0.4, -0.2) is 66.2 Å². The number of methoxy groups -OCH3 is 1. The first kappa shape index (κ1) is 67.2. The zero-order valence-electron chi connectivity index (χ0n) is 40.9. The van der Waals surface area contributed by atoms with Gasteiger partial charge in [-0.05, 0) is 171 Å². The molecule has 7 aromatic rings. The fourth-order valence-corrected chi connectivity index (χ4v) is 9.03. The minimum atomic E-state index is -0.889. The van der Waals surface area contributed by atoms with E-state index >= 15 is 0 Å². The summed E-state index contributed by atoms with van der Waals surface area (Å²) >= 11 is 14.4. The maximum Gasteiger partial charge on any atom is 0.155 e. The van der Waals surface area contributed by atoms with Gasteiger partial charge in [0, 0.05) is 28.8 Å². The van der Waals surface area contributed by atoms with Crippen molar-refractivity contribution in [1.29, 1.82) is 5.26 Å². The molecule has 0 aromatic heterocycles. The highest BCUT2D eigenvalue weighted by Crippen LogP contribution is 2.40. The number of benzene rings is 7. The number of fused-ring (bicyclic) bond motifs is 3. The summed E-state index contributed by atoms with van der Waals surface area (Å²) in [6.07, 6.45) is -1.15. The monoisotopic (exact) mass is 1460 g/mol. The van der Waals surface area contributed by atoms with Crippen molar-refractivity contribution in [3.63, 3.8) is 0 Å². The molecule has 7 aromatic carbocycles. The molecule has 428 valence electrons. The number of carbonyl (C=O) groups excluding carboxylic acids is 3. The Labute approximate surface area is 496 Å². The number of aliphatic hydroxyl groups excluding tert-OH is 3. The lowest BCUT2D eigenvalue weighted by Gasteiger charge is -2.07. The first-order valence-corrected chi connectivity index (χ1v) is 26.3. The molecule has 3 aliphatic heterocycles. The Morgan fingerprint density at radius 2 is 0.951 bits per heavy atom. The van der Waals surface area contributed by atoms with E-state index in [0.29, 0.717) is 56.7 Å². The lowest BCUT2D eigenvalue weighted by molar-refractivity contribution is 0.111. The zero-order valence-corrected chi connectivity index (χ0v) is 48.8. The normalized spacial score (nSPS) is 14.4. The van der Waals surface area contributed by atoms with Crippen molar-refractivity contribution in [2.45, 2.75) is 24.9 Å². The third-order valence-electron chi connectivity index (χ3n) is 10.7. The van der Waals surface area contributed by atoms with Gasteiger partial charge in [-0.25, -0.2) is 39.5 Å². The number of phenols is 1. The number of nitriles is 1. The molecule has 0 aliphatic carbocycles. The number of phenolic OH excluding ortho intramolecular Hbond substituents is 1. The predicted molar refractivity (Wildman–Crippen MR) is 292 cm³/mol. The molecular formula is C54H38Br5F9N2O11. The standard InChI is InChI=1S/C9H10FNO2.C9H6FNO2.2C8H6BrFO2.C7H3BrF2O.C7H4BrFO2.C6H3BrF2/c2*10-6-1-2-8-9(5(6)3-11)7(12)4-13-8;9-8-4(10)1-2-6-7(8)5(11)3-12-6;1-12-7-3-2-6(10)8(9)5(7)4-11;8-7-4(3-11)5(9)1-2-6(7)10;8-7-4(3-10)6(11)2-1-5(7)9;7-5-3-4(8)1-2-6(5)9/h1-2,7,12H,3-4,11H2;1-2,7,12H,4H2;1-2,5,11H,3H2;2-4H,1H3;1-3H;1-3,11H;1-3H. The number of halogens is 14. The summed E-state index contributed by atoms with van der Waals surface area (Å²) in [5, 5.41) is 45.8. The molecule has 3 atom stereocenters. The van der Waals surface area contributed by atoms with Gasteiger partial charge in [-0.1, -0.05) is 0 Å². The van der Waals surface area contributed by atoms with E-state index in [1.807, 2.05) is 0 Å². The summed E-state index contributed by atoms with van der Waals surface area (Å²) in [6, 6.07) is 19.9. The smallest absolute Gasteiger partial charge is 0.155 e. The molecular weight excluding hydrogens is 1420 g/mol. The van der Waals surface area contributed by atoms with E-state index in [2.05, 4.69) is 79.6 Å². The number of aromatic hydroxyl groups is 1. The fourth-order valence-electron chi connectivity index (χ4n) is 6.83. The quantitative estimate of drug-likeness (QED) is 0.0616. The average Bonchev–Trinajstić information content (AvgIpc) is 4.17. The highest BCUT2D eigenvalue weighted by molar-refractivity contribution is 9.11. The van der Waals surface area contributed by atoms with Crippen molar-refractivity contribution in [3.8, 4) is 34.8 Å². The average molecular weight is 1460 g/mol. The molecule has 3 heterocycles. The maximum absolute atomic E-state index is 13.2. The lowest BCUT2D eigenvalue weighted by atomic mass is 10.0. The molecule has 81 heavy (non-hydrogen) atoms. The van der Waals surface area contributed by atoms with Gasteiger partial charge in [0.25, 0.3) is 0 Å². The molecule has 0 spiro atoms. The van der Waals surface area contributed by atoms with E-state index in [9.17, 15) is 69.2 Å². The number of aldehydes is 3. The van der Waals surface area contributed by atoms with E-state index in [1.54, 1.807) is 6.07 Å². The van der Waals surface area contributed by atoms with Crippen LogP contribution in [0.3, 0.4) is 0 Å². The second kappa shape index (κ2) is 31.7. The Morgan fingerprint density at radius 1 is 0.543 bits per heavy atom. The van der Waals surface area contributed by atoms with E-state index in [-0.39, 0.29) is 95.7 Å². The van der Waals surface area contributed by atoms with Crippen LogP contribution in [-0.2, 0) is 6.54 Å². The van der Waals surface area contributed by atoms with Gasteiger partial charge in [0.1, 0.15) is 125 Å². The number of aliphatic hydroxyl groups is 3. The molecule has 13 nitrogen and oxygen atoms in total. The Kier molecular flexibility index (Phi) is 26.3. The van der Waals surface area contributed by atoms with Crippen LogP contribution in [0.15, 0.2) is 113 Å². The summed E-state index contributed by atoms with van der Waals surface area (Å²) in [6.45, 7) is 0.562. The van der Waals surface area contributed by atoms with Crippen molar-refractivity contribution >= 4 is 98.5 Å². The Hall–Kier alpha value is -6.35. The number of hydrogen-bond donors (Lipinski definition) is 5. The van der Waals surface area contributed by atoms with Crippen molar-refractivity contribution in [1.82, 2.24) is 0 Å². The number of hydrogen-bond acceptors (Lipinski definition) is 13. The van der Waals surface area contributed by atoms with Crippen molar-refractivity contribution < 1.29 is 93.3 Å². The topological polar surface area (TPSA) is 219 Å². The fraction of sp³-hybridized carbons (Fsp3) is 0.148. The molecule has 0 saturated carbocycles. The van der Waals surface area contributed by atoms with Crippen LogP contribution in [0.4, 0.5) is 39.5 Å². The Balaban J connectivity index is 0.000000204.